The van der Waals surface area contributed by atoms with E-state index in [1.807, 2.05) is 6.92 Å². The largest absolute Gasteiger partial charge is 0.393 e. The standard InChI is InChI=1S/C14H30N2O/c1-3-10-16(11-7-13(2)17)14(12-15)8-5-4-6-9-14/h13,17H,3-12,15H2,1-2H3. The molecule has 0 aromatic heterocycles. The van der Waals surface area contributed by atoms with E-state index in [9.17, 15) is 5.11 Å². The molecule has 0 aromatic carbocycles. The van der Waals surface area contributed by atoms with Crippen molar-refractivity contribution in [2.45, 2.75) is 70.4 Å². The Morgan fingerprint density at radius 3 is 2.35 bits per heavy atom. The average molecular weight is 242 g/mol. The molecule has 0 radical (unpaired) electrons. The van der Waals surface area contributed by atoms with Crippen molar-refractivity contribution in [2.24, 2.45) is 5.73 Å². The minimum absolute atomic E-state index is 0.201. The monoisotopic (exact) mass is 242 g/mol. The average Bonchev–Trinajstić information content (AvgIpc) is 2.35. The third kappa shape index (κ3) is 4.23. The third-order valence-electron chi connectivity index (χ3n) is 4.15. The summed E-state index contributed by atoms with van der Waals surface area (Å²) in [6, 6.07) is 0. The van der Waals surface area contributed by atoms with Crippen molar-refractivity contribution in [3.63, 3.8) is 0 Å². The van der Waals surface area contributed by atoms with Crippen molar-refractivity contribution < 1.29 is 5.11 Å². The quantitative estimate of drug-likeness (QED) is 0.719. The Kier molecular flexibility index (Phi) is 6.45. The molecule has 3 heteroatoms. The number of aliphatic hydroxyl groups is 1. The van der Waals surface area contributed by atoms with Gasteiger partial charge in [0, 0.05) is 18.6 Å². The fraction of sp³-hybridized carbons (Fsp3) is 1.00. The Balaban J connectivity index is 2.63. The molecule has 1 atom stereocenters. The van der Waals surface area contributed by atoms with E-state index in [2.05, 4.69) is 11.8 Å². The Morgan fingerprint density at radius 2 is 1.88 bits per heavy atom. The first-order valence-corrected chi connectivity index (χ1v) is 7.28. The molecule has 1 fully saturated rings. The Labute approximate surface area is 106 Å². The van der Waals surface area contributed by atoms with Crippen LogP contribution in [0.1, 0.15) is 58.8 Å². The molecular weight excluding hydrogens is 212 g/mol. The molecule has 102 valence electrons. The first kappa shape index (κ1) is 14.9. The maximum absolute atomic E-state index is 9.47. The van der Waals surface area contributed by atoms with Gasteiger partial charge in [0.1, 0.15) is 0 Å². The zero-order valence-electron chi connectivity index (χ0n) is 11.6. The van der Waals surface area contributed by atoms with Crippen molar-refractivity contribution in [1.82, 2.24) is 4.90 Å². The lowest BCUT2D eigenvalue weighted by Gasteiger charge is -2.46. The van der Waals surface area contributed by atoms with Gasteiger partial charge in [-0.1, -0.05) is 26.2 Å². The van der Waals surface area contributed by atoms with Gasteiger partial charge in [-0.25, -0.2) is 0 Å². The van der Waals surface area contributed by atoms with E-state index < -0.39 is 0 Å². The summed E-state index contributed by atoms with van der Waals surface area (Å²) in [5.74, 6) is 0. The van der Waals surface area contributed by atoms with Crippen LogP contribution in [0, 0.1) is 0 Å². The number of hydrogen-bond donors (Lipinski definition) is 2. The summed E-state index contributed by atoms with van der Waals surface area (Å²) >= 11 is 0. The second kappa shape index (κ2) is 7.34. The summed E-state index contributed by atoms with van der Waals surface area (Å²) in [5.41, 5.74) is 6.30. The van der Waals surface area contributed by atoms with Gasteiger partial charge in [-0.05, 0) is 39.2 Å². The maximum atomic E-state index is 9.47. The summed E-state index contributed by atoms with van der Waals surface area (Å²) in [6.07, 6.45) is 8.29. The smallest absolute Gasteiger partial charge is 0.0524 e. The second-order valence-electron chi connectivity index (χ2n) is 5.61. The summed E-state index contributed by atoms with van der Waals surface area (Å²) in [5, 5.41) is 9.47. The highest BCUT2D eigenvalue weighted by molar-refractivity contribution is 4.94. The van der Waals surface area contributed by atoms with Crippen LogP contribution in [0.2, 0.25) is 0 Å². The molecule has 0 saturated heterocycles. The van der Waals surface area contributed by atoms with Gasteiger partial charge in [0.25, 0.3) is 0 Å². The molecule has 0 bridgehead atoms. The molecule has 3 N–H and O–H groups in total. The lowest BCUT2D eigenvalue weighted by atomic mass is 9.80. The number of nitrogens with two attached hydrogens (primary N) is 1. The molecule has 1 saturated carbocycles. The van der Waals surface area contributed by atoms with Gasteiger partial charge in [0.15, 0.2) is 0 Å². The first-order chi connectivity index (χ1) is 8.14. The lowest BCUT2D eigenvalue weighted by molar-refractivity contribution is 0.0429. The topological polar surface area (TPSA) is 49.5 Å². The molecule has 17 heavy (non-hydrogen) atoms. The molecule has 1 unspecified atom stereocenters. The molecule has 3 nitrogen and oxygen atoms in total. The zero-order chi connectivity index (χ0) is 12.7. The normalized spacial score (nSPS) is 21.7. The molecule has 1 aliphatic carbocycles. The fourth-order valence-electron chi connectivity index (χ4n) is 3.06. The molecule has 1 rings (SSSR count). The highest BCUT2D eigenvalue weighted by atomic mass is 16.3. The van der Waals surface area contributed by atoms with Gasteiger partial charge < -0.3 is 10.8 Å². The van der Waals surface area contributed by atoms with Gasteiger partial charge in [-0.3, -0.25) is 4.90 Å². The van der Waals surface area contributed by atoms with Crippen LogP contribution < -0.4 is 5.73 Å². The Bertz CT molecular complexity index is 200. The van der Waals surface area contributed by atoms with Crippen molar-refractivity contribution >= 4 is 0 Å². The van der Waals surface area contributed by atoms with E-state index >= 15 is 0 Å². The molecule has 0 spiro atoms. The minimum atomic E-state index is -0.201. The van der Waals surface area contributed by atoms with Gasteiger partial charge in [-0.2, -0.15) is 0 Å². The van der Waals surface area contributed by atoms with Crippen LogP contribution in [0.4, 0.5) is 0 Å². The highest BCUT2D eigenvalue weighted by Crippen LogP contribution is 2.33. The van der Waals surface area contributed by atoms with E-state index in [-0.39, 0.29) is 11.6 Å². The number of aliphatic hydroxyl groups excluding tert-OH is 1. The summed E-state index contributed by atoms with van der Waals surface area (Å²) in [7, 11) is 0. The highest BCUT2D eigenvalue weighted by Gasteiger charge is 2.35. The SMILES string of the molecule is CCCN(CCC(C)O)C1(CN)CCCCC1. The maximum Gasteiger partial charge on any atom is 0.0524 e. The van der Waals surface area contributed by atoms with Crippen LogP contribution in [-0.4, -0.2) is 41.3 Å². The van der Waals surface area contributed by atoms with Crippen LogP contribution >= 0.6 is 0 Å². The zero-order valence-corrected chi connectivity index (χ0v) is 11.6. The first-order valence-electron chi connectivity index (χ1n) is 7.28. The lowest BCUT2D eigenvalue weighted by Crippen LogP contribution is -2.55. The number of hydrogen-bond acceptors (Lipinski definition) is 3. The van der Waals surface area contributed by atoms with Crippen molar-refractivity contribution in [3.8, 4) is 0 Å². The molecule has 0 amide bonds. The summed E-state index contributed by atoms with van der Waals surface area (Å²) in [4.78, 5) is 2.55. The van der Waals surface area contributed by atoms with Crippen LogP contribution in [0.15, 0.2) is 0 Å². The van der Waals surface area contributed by atoms with Gasteiger partial charge in [-0.15, -0.1) is 0 Å². The predicted molar refractivity (Wildman–Crippen MR) is 73.0 cm³/mol. The number of nitrogens with zero attached hydrogens (tertiary/aromatic N) is 1. The van der Waals surface area contributed by atoms with Crippen LogP contribution in [0.25, 0.3) is 0 Å². The second-order valence-corrected chi connectivity index (χ2v) is 5.61. The fourth-order valence-corrected chi connectivity index (χ4v) is 3.06. The molecule has 0 aromatic rings. The third-order valence-corrected chi connectivity index (χ3v) is 4.15. The molecular formula is C14H30N2O. The minimum Gasteiger partial charge on any atom is -0.393 e. The Hall–Kier alpha value is -0.120. The van der Waals surface area contributed by atoms with Crippen molar-refractivity contribution in [3.05, 3.63) is 0 Å². The molecule has 0 heterocycles. The van der Waals surface area contributed by atoms with Gasteiger partial charge >= 0.3 is 0 Å². The van der Waals surface area contributed by atoms with E-state index in [0.29, 0.717) is 0 Å². The van der Waals surface area contributed by atoms with Gasteiger partial charge in [0.05, 0.1) is 6.10 Å². The van der Waals surface area contributed by atoms with Crippen LogP contribution in [0.5, 0.6) is 0 Å². The van der Waals surface area contributed by atoms with Crippen molar-refractivity contribution in [2.75, 3.05) is 19.6 Å². The van der Waals surface area contributed by atoms with E-state index in [0.717, 1.165) is 26.1 Å². The van der Waals surface area contributed by atoms with Crippen LogP contribution in [-0.2, 0) is 0 Å². The van der Waals surface area contributed by atoms with Crippen LogP contribution in [0.3, 0.4) is 0 Å². The van der Waals surface area contributed by atoms with Gasteiger partial charge in [0.2, 0.25) is 0 Å². The summed E-state index contributed by atoms with van der Waals surface area (Å²) in [6.45, 7) is 6.97. The number of rotatable bonds is 7. The van der Waals surface area contributed by atoms with E-state index in [1.165, 1.54) is 38.5 Å². The van der Waals surface area contributed by atoms with Crippen molar-refractivity contribution in [1.29, 1.82) is 0 Å². The van der Waals surface area contributed by atoms with E-state index in [4.69, 9.17) is 5.73 Å². The van der Waals surface area contributed by atoms with E-state index in [1.54, 1.807) is 0 Å². The predicted octanol–water partition coefficient (Wildman–Crippen LogP) is 2.13. The molecule has 0 aliphatic heterocycles. The summed E-state index contributed by atoms with van der Waals surface area (Å²) < 4.78 is 0. The molecule has 1 aliphatic rings. The Morgan fingerprint density at radius 1 is 1.24 bits per heavy atom.